The van der Waals surface area contributed by atoms with Crippen LogP contribution in [0, 0.1) is 6.92 Å². The van der Waals surface area contributed by atoms with Crippen LogP contribution < -0.4 is 5.32 Å². The molecule has 1 unspecified atom stereocenters. The van der Waals surface area contributed by atoms with Gasteiger partial charge in [-0.2, -0.15) is 11.8 Å². The summed E-state index contributed by atoms with van der Waals surface area (Å²) in [5.74, 6) is 0. The van der Waals surface area contributed by atoms with Crippen LogP contribution in [0.5, 0.6) is 0 Å². The molecule has 0 aliphatic carbocycles. The minimum absolute atomic E-state index is 0.298. The molecule has 0 aromatic carbocycles. The highest BCUT2D eigenvalue weighted by Gasteiger charge is 2.18. The Morgan fingerprint density at radius 1 is 1.60 bits per heavy atom. The van der Waals surface area contributed by atoms with Crippen molar-refractivity contribution in [1.29, 1.82) is 0 Å². The van der Waals surface area contributed by atoms with E-state index < -0.39 is 0 Å². The van der Waals surface area contributed by atoms with E-state index in [2.05, 4.69) is 44.3 Å². The van der Waals surface area contributed by atoms with E-state index in [0.29, 0.717) is 10.8 Å². The lowest BCUT2D eigenvalue weighted by Gasteiger charge is -2.24. The Labute approximate surface area is 101 Å². The summed E-state index contributed by atoms with van der Waals surface area (Å²) < 4.78 is 0.298. The van der Waals surface area contributed by atoms with Gasteiger partial charge in [0.05, 0.1) is 11.2 Å². The summed E-state index contributed by atoms with van der Waals surface area (Å²) in [6.07, 6.45) is 2.16. The first-order valence-electron chi connectivity index (χ1n) is 5.15. The van der Waals surface area contributed by atoms with Gasteiger partial charge in [0.15, 0.2) is 0 Å². The van der Waals surface area contributed by atoms with E-state index >= 15 is 0 Å². The van der Waals surface area contributed by atoms with Gasteiger partial charge in [-0.3, -0.25) is 0 Å². The molecule has 0 fully saturated rings. The van der Waals surface area contributed by atoms with Crippen molar-refractivity contribution in [2.24, 2.45) is 0 Å². The molecule has 1 aromatic rings. The Bertz CT molecular complexity index is 307. The number of rotatable bonds is 5. The molecule has 0 radical (unpaired) electrons. The maximum absolute atomic E-state index is 4.28. The minimum Gasteiger partial charge on any atom is -0.308 e. The minimum atomic E-state index is 0.298. The van der Waals surface area contributed by atoms with E-state index in [9.17, 15) is 0 Å². The van der Waals surface area contributed by atoms with Crippen LogP contribution in [0.3, 0.4) is 0 Å². The smallest absolute Gasteiger partial charge is 0.0798 e. The van der Waals surface area contributed by atoms with E-state index in [4.69, 9.17) is 0 Å². The monoisotopic (exact) mass is 244 g/mol. The first-order valence-corrected chi connectivity index (χ1v) is 7.25. The fourth-order valence-corrected chi connectivity index (χ4v) is 2.35. The zero-order chi connectivity index (χ0) is 11.5. The Morgan fingerprint density at radius 2 is 2.27 bits per heavy atom. The van der Waals surface area contributed by atoms with Crippen molar-refractivity contribution in [3.63, 3.8) is 0 Å². The largest absolute Gasteiger partial charge is 0.308 e. The molecule has 0 aliphatic rings. The summed E-state index contributed by atoms with van der Waals surface area (Å²) in [6.45, 7) is 9.82. The average molecular weight is 244 g/mol. The molecule has 1 atom stereocenters. The molecule has 1 heterocycles. The summed E-state index contributed by atoms with van der Waals surface area (Å²) in [5.41, 5.74) is 3.07. The molecular formula is C11H20N2S2. The number of aromatic nitrogens is 1. The molecule has 2 nitrogen and oxygen atoms in total. The average Bonchev–Trinajstić information content (AvgIpc) is 2.61. The van der Waals surface area contributed by atoms with Gasteiger partial charge in [-0.05, 0) is 34.0 Å². The van der Waals surface area contributed by atoms with Crippen molar-refractivity contribution >= 4 is 23.1 Å². The molecule has 0 saturated carbocycles. The van der Waals surface area contributed by atoms with Gasteiger partial charge < -0.3 is 5.32 Å². The topological polar surface area (TPSA) is 24.9 Å². The van der Waals surface area contributed by atoms with Crippen LogP contribution in [-0.4, -0.2) is 22.5 Å². The molecule has 86 valence electrons. The Balaban J connectivity index is 2.50. The van der Waals surface area contributed by atoms with Crippen LogP contribution >= 0.6 is 23.1 Å². The Kier molecular flexibility index (Phi) is 4.62. The molecule has 1 N–H and O–H groups in total. The molecule has 0 saturated heterocycles. The van der Waals surface area contributed by atoms with Crippen molar-refractivity contribution in [3.05, 3.63) is 16.1 Å². The quantitative estimate of drug-likeness (QED) is 0.860. The highest BCUT2D eigenvalue weighted by atomic mass is 32.2. The predicted molar refractivity (Wildman–Crippen MR) is 70.9 cm³/mol. The third kappa shape index (κ3) is 3.78. The van der Waals surface area contributed by atoms with Crippen LogP contribution in [0.25, 0.3) is 0 Å². The van der Waals surface area contributed by atoms with Crippen LogP contribution in [0.2, 0.25) is 0 Å². The second-order valence-electron chi connectivity index (χ2n) is 4.37. The summed E-state index contributed by atoms with van der Waals surface area (Å²) >= 11 is 3.63. The van der Waals surface area contributed by atoms with Gasteiger partial charge in [-0.25, -0.2) is 4.98 Å². The summed E-state index contributed by atoms with van der Waals surface area (Å²) in [6, 6.07) is 0.406. The highest BCUT2D eigenvalue weighted by molar-refractivity contribution is 7.99. The number of nitrogens with one attached hydrogen (secondary N) is 1. The first-order chi connectivity index (χ1) is 6.96. The lowest BCUT2D eigenvalue weighted by Crippen LogP contribution is -2.33. The summed E-state index contributed by atoms with van der Waals surface area (Å²) in [5, 5.41) is 3.57. The second-order valence-corrected chi connectivity index (χ2v) is 6.77. The molecule has 1 aromatic heterocycles. The number of thiazole rings is 1. The van der Waals surface area contributed by atoms with Crippen molar-refractivity contribution in [1.82, 2.24) is 10.3 Å². The van der Waals surface area contributed by atoms with Crippen LogP contribution in [-0.2, 0) is 0 Å². The molecule has 4 heteroatoms. The van der Waals surface area contributed by atoms with Crippen molar-refractivity contribution < 1.29 is 0 Å². The van der Waals surface area contributed by atoms with Crippen LogP contribution in [0.15, 0.2) is 5.51 Å². The van der Waals surface area contributed by atoms with E-state index in [0.717, 1.165) is 12.2 Å². The maximum Gasteiger partial charge on any atom is 0.0798 e. The standard InChI is InChI=1S/C11H20N2S2/c1-8(10-9(2)13-7-15-10)12-6-11(3,4)14-5/h7-8,12H,6H2,1-5H3. The zero-order valence-electron chi connectivity index (χ0n) is 10.1. The molecule has 0 aliphatic heterocycles. The molecule has 15 heavy (non-hydrogen) atoms. The maximum atomic E-state index is 4.28. The van der Waals surface area contributed by atoms with Gasteiger partial charge in [-0.15, -0.1) is 11.3 Å². The van der Waals surface area contributed by atoms with E-state index in [1.165, 1.54) is 4.88 Å². The molecule has 0 amide bonds. The van der Waals surface area contributed by atoms with E-state index in [-0.39, 0.29) is 0 Å². The van der Waals surface area contributed by atoms with Gasteiger partial charge in [0.25, 0.3) is 0 Å². The number of aryl methyl sites for hydroxylation is 1. The lowest BCUT2D eigenvalue weighted by molar-refractivity contribution is 0.526. The van der Waals surface area contributed by atoms with Gasteiger partial charge in [-0.1, -0.05) is 0 Å². The summed E-state index contributed by atoms with van der Waals surface area (Å²) in [4.78, 5) is 5.63. The Hall–Kier alpha value is -0.0600. The highest BCUT2D eigenvalue weighted by Crippen LogP contribution is 2.24. The van der Waals surface area contributed by atoms with Crippen molar-refractivity contribution in [3.8, 4) is 0 Å². The third-order valence-electron chi connectivity index (χ3n) is 2.56. The first kappa shape index (κ1) is 13.0. The number of nitrogens with zero attached hydrogens (tertiary/aromatic N) is 1. The van der Waals surface area contributed by atoms with E-state index in [1.54, 1.807) is 11.3 Å². The zero-order valence-corrected chi connectivity index (χ0v) is 11.8. The fourth-order valence-electron chi connectivity index (χ4n) is 1.29. The third-order valence-corrected chi connectivity index (χ3v) is 4.93. The van der Waals surface area contributed by atoms with Crippen LogP contribution in [0.1, 0.15) is 37.4 Å². The molecule has 1 rings (SSSR count). The SMILES string of the molecule is CSC(C)(C)CNC(C)c1scnc1C. The van der Waals surface area contributed by atoms with Gasteiger partial charge in [0.1, 0.15) is 0 Å². The summed E-state index contributed by atoms with van der Waals surface area (Å²) in [7, 11) is 0. The normalized spacial score (nSPS) is 14.2. The van der Waals surface area contributed by atoms with Gasteiger partial charge >= 0.3 is 0 Å². The van der Waals surface area contributed by atoms with Crippen molar-refractivity contribution in [2.45, 2.75) is 38.5 Å². The Morgan fingerprint density at radius 3 is 2.73 bits per heavy atom. The molecular weight excluding hydrogens is 224 g/mol. The fraction of sp³-hybridized carbons (Fsp3) is 0.727. The number of thioether (sulfide) groups is 1. The predicted octanol–water partition coefficient (Wildman–Crippen LogP) is 3.24. The van der Waals surface area contributed by atoms with Crippen LogP contribution in [0.4, 0.5) is 0 Å². The number of hydrogen-bond donors (Lipinski definition) is 1. The number of hydrogen-bond acceptors (Lipinski definition) is 4. The van der Waals surface area contributed by atoms with E-state index in [1.807, 2.05) is 17.3 Å². The molecule has 0 spiro atoms. The molecule has 0 bridgehead atoms. The van der Waals surface area contributed by atoms with Crippen molar-refractivity contribution in [2.75, 3.05) is 12.8 Å². The lowest BCUT2D eigenvalue weighted by atomic mass is 10.1. The van der Waals surface area contributed by atoms with Gasteiger partial charge in [0.2, 0.25) is 0 Å². The second kappa shape index (κ2) is 5.32. The van der Waals surface area contributed by atoms with Gasteiger partial charge in [0, 0.05) is 22.2 Å².